The molecule has 7 nitrogen and oxygen atoms in total. The summed E-state index contributed by atoms with van der Waals surface area (Å²) in [6.45, 7) is -0.0835. The van der Waals surface area contributed by atoms with Crippen molar-refractivity contribution in [2.75, 3.05) is 5.75 Å². The maximum Gasteiger partial charge on any atom is 0.358 e. The van der Waals surface area contributed by atoms with Crippen LogP contribution in [0.2, 0.25) is 5.02 Å². The summed E-state index contributed by atoms with van der Waals surface area (Å²) in [5, 5.41) is 19.5. The lowest BCUT2D eigenvalue weighted by atomic mass is 10.0. The molecule has 2 aromatic rings. The zero-order valence-corrected chi connectivity index (χ0v) is 13.5. The second kappa shape index (κ2) is 6.59. The first-order chi connectivity index (χ1) is 11.0. The molecule has 0 saturated heterocycles. The van der Waals surface area contributed by atoms with Crippen LogP contribution in [0.1, 0.15) is 28.5 Å². The van der Waals surface area contributed by atoms with Crippen molar-refractivity contribution < 1.29 is 14.7 Å². The molecule has 3 rings (SSSR count). The highest BCUT2D eigenvalue weighted by Crippen LogP contribution is 2.37. The molecule has 2 heterocycles. The number of aromatic carboxylic acids is 1. The molecule has 0 bridgehead atoms. The Kier molecular flexibility index (Phi) is 4.53. The molecule has 1 amide bonds. The number of carboxylic acid groups (broad SMARTS) is 1. The Morgan fingerprint density at radius 1 is 1.48 bits per heavy atom. The van der Waals surface area contributed by atoms with Crippen LogP contribution in [0.4, 0.5) is 0 Å². The molecule has 1 atom stereocenters. The van der Waals surface area contributed by atoms with Crippen LogP contribution in [-0.2, 0) is 11.3 Å². The highest BCUT2D eigenvalue weighted by atomic mass is 35.5. The first-order valence-corrected chi connectivity index (χ1v) is 8.24. The number of carboxylic acids is 1. The average molecular weight is 353 g/mol. The number of aromatic nitrogens is 3. The fraction of sp³-hybridized carbons (Fsp3) is 0.286. The van der Waals surface area contributed by atoms with Gasteiger partial charge < -0.3 is 10.4 Å². The summed E-state index contributed by atoms with van der Waals surface area (Å²) < 4.78 is 1.20. The minimum atomic E-state index is -1.18. The SMILES string of the molecule is O=C(Cn1cc(C(=O)O)nn1)NC1CCSc2ccc(Cl)cc21. The van der Waals surface area contributed by atoms with Gasteiger partial charge in [-0.3, -0.25) is 4.79 Å². The number of nitrogens with zero attached hydrogens (tertiary/aromatic N) is 3. The number of fused-ring (bicyclic) bond motifs is 1. The van der Waals surface area contributed by atoms with E-state index in [1.807, 2.05) is 18.2 Å². The first kappa shape index (κ1) is 15.8. The Hall–Kier alpha value is -2.06. The molecule has 9 heteroatoms. The topological polar surface area (TPSA) is 97.1 Å². The molecule has 1 aliphatic rings. The van der Waals surface area contributed by atoms with Crippen LogP contribution in [0.15, 0.2) is 29.3 Å². The fourth-order valence-electron chi connectivity index (χ4n) is 2.38. The monoisotopic (exact) mass is 352 g/mol. The number of benzene rings is 1. The van der Waals surface area contributed by atoms with E-state index in [4.69, 9.17) is 16.7 Å². The van der Waals surface area contributed by atoms with Crippen LogP contribution in [0.25, 0.3) is 0 Å². The van der Waals surface area contributed by atoms with E-state index in [1.165, 1.54) is 10.9 Å². The van der Waals surface area contributed by atoms with Gasteiger partial charge in [-0.15, -0.1) is 16.9 Å². The summed E-state index contributed by atoms with van der Waals surface area (Å²) in [6, 6.07) is 5.55. The number of nitrogens with one attached hydrogen (secondary N) is 1. The summed E-state index contributed by atoms with van der Waals surface area (Å²) in [6.07, 6.45) is 2.03. The molecule has 0 saturated carbocycles. The van der Waals surface area contributed by atoms with Gasteiger partial charge >= 0.3 is 5.97 Å². The van der Waals surface area contributed by atoms with Crippen LogP contribution in [0.5, 0.6) is 0 Å². The number of carbonyl (C=O) groups excluding carboxylic acids is 1. The smallest absolute Gasteiger partial charge is 0.358 e. The van der Waals surface area contributed by atoms with Crippen LogP contribution in [0.3, 0.4) is 0 Å². The van der Waals surface area contributed by atoms with E-state index in [2.05, 4.69) is 15.6 Å². The summed E-state index contributed by atoms with van der Waals surface area (Å²) in [5.74, 6) is -0.523. The average Bonchev–Trinajstić information content (AvgIpc) is 2.96. The predicted molar refractivity (Wildman–Crippen MR) is 84.7 cm³/mol. The lowest BCUT2D eigenvalue weighted by Crippen LogP contribution is -2.33. The van der Waals surface area contributed by atoms with E-state index in [9.17, 15) is 9.59 Å². The lowest BCUT2D eigenvalue weighted by molar-refractivity contribution is -0.122. The molecule has 0 fully saturated rings. The first-order valence-electron chi connectivity index (χ1n) is 6.88. The number of hydrogen-bond donors (Lipinski definition) is 2. The minimum Gasteiger partial charge on any atom is -0.476 e. The van der Waals surface area contributed by atoms with Crippen molar-refractivity contribution in [3.05, 3.63) is 40.7 Å². The third-order valence-corrected chi connectivity index (χ3v) is 4.77. The second-order valence-electron chi connectivity index (χ2n) is 5.05. The molecule has 1 aromatic heterocycles. The molecular formula is C14H13ClN4O3S. The number of halogens is 1. The van der Waals surface area contributed by atoms with Crippen molar-refractivity contribution in [1.82, 2.24) is 20.3 Å². The number of amides is 1. The molecule has 0 aliphatic carbocycles. The van der Waals surface area contributed by atoms with Crippen molar-refractivity contribution in [1.29, 1.82) is 0 Å². The molecule has 23 heavy (non-hydrogen) atoms. The van der Waals surface area contributed by atoms with E-state index in [-0.39, 0.29) is 24.2 Å². The van der Waals surface area contributed by atoms with Gasteiger partial charge in [0, 0.05) is 15.7 Å². The highest BCUT2D eigenvalue weighted by Gasteiger charge is 2.23. The summed E-state index contributed by atoms with van der Waals surface area (Å²) in [7, 11) is 0. The predicted octanol–water partition coefficient (Wildman–Crippen LogP) is 1.98. The molecule has 1 aromatic carbocycles. The van der Waals surface area contributed by atoms with Crippen molar-refractivity contribution >= 4 is 35.2 Å². The minimum absolute atomic E-state index is 0.0835. The van der Waals surface area contributed by atoms with E-state index < -0.39 is 5.97 Å². The zero-order valence-electron chi connectivity index (χ0n) is 11.9. The summed E-state index contributed by atoms with van der Waals surface area (Å²) >= 11 is 7.78. The number of rotatable bonds is 4. The maximum absolute atomic E-state index is 12.2. The summed E-state index contributed by atoms with van der Waals surface area (Å²) in [5.41, 5.74) is 0.816. The molecule has 0 radical (unpaired) electrons. The Bertz CT molecular complexity index is 764. The van der Waals surface area contributed by atoms with E-state index in [0.29, 0.717) is 5.02 Å². The molecule has 0 spiro atoms. The highest BCUT2D eigenvalue weighted by molar-refractivity contribution is 7.99. The molecule has 1 aliphatic heterocycles. The Morgan fingerprint density at radius 3 is 3.04 bits per heavy atom. The number of carbonyl (C=O) groups is 2. The van der Waals surface area contributed by atoms with Gasteiger partial charge in [0.15, 0.2) is 5.69 Å². The van der Waals surface area contributed by atoms with E-state index in [0.717, 1.165) is 22.6 Å². The molecule has 1 unspecified atom stereocenters. The van der Waals surface area contributed by atoms with E-state index >= 15 is 0 Å². The van der Waals surface area contributed by atoms with Gasteiger partial charge in [-0.25, -0.2) is 9.48 Å². The third-order valence-electron chi connectivity index (χ3n) is 3.41. The molecule has 2 N–H and O–H groups in total. The van der Waals surface area contributed by atoms with E-state index in [1.54, 1.807) is 11.8 Å². The zero-order chi connectivity index (χ0) is 16.4. The number of hydrogen-bond acceptors (Lipinski definition) is 5. The van der Waals surface area contributed by atoms with Crippen LogP contribution in [0, 0.1) is 0 Å². The van der Waals surface area contributed by atoms with Gasteiger partial charge in [-0.2, -0.15) is 0 Å². The Balaban J connectivity index is 1.69. The van der Waals surface area contributed by atoms with Crippen LogP contribution in [-0.4, -0.2) is 37.7 Å². The van der Waals surface area contributed by atoms with Gasteiger partial charge in [0.05, 0.1) is 12.2 Å². The molecular weight excluding hydrogens is 340 g/mol. The Morgan fingerprint density at radius 2 is 2.30 bits per heavy atom. The van der Waals surface area contributed by atoms with Gasteiger partial charge in [0.25, 0.3) is 0 Å². The van der Waals surface area contributed by atoms with Gasteiger partial charge in [0.1, 0.15) is 6.54 Å². The van der Waals surface area contributed by atoms with Gasteiger partial charge in [-0.05, 0) is 30.2 Å². The normalized spacial score (nSPS) is 16.7. The maximum atomic E-state index is 12.2. The number of thioether (sulfide) groups is 1. The van der Waals surface area contributed by atoms with Gasteiger partial charge in [-0.1, -0.05) is 16.8 Å². The van der Waals surface area contributed by atoms with Crippen LogP contribution >= 0.6 is 23.4 Å². The molecule has 120 valence electrons. The third kappa shape index (κ3) is 3.65. The second-order valence-corrected chi connectivity index (χ2v) is 6.62. The van der Waals surface area contributed by atoms with Crippen molar-refractivity contribution in [3.8, 4) is 0 Å². The standard InChI is InChI=1S/C14H13ClN4O3S/c15-8-1-2-12-9(5-8)10(3-4-23-12)16-13(20)7-19-6-11(14(21)22)17-18-19/h1-2,5-6,10H,3-4,7H2,(H,16,20)(H,21,22). The lowest BCUT2D eigenvalue weighted by Gasteiger charge is -2.26. The summed E-state index contributed by atoms with van der Waals surface area (Å²) in [4.78, 5) is 24.0. The Labute approximate surface area is 141 Å². The van der Waals surface area contributed by atoms with Gasteiger partial charge in [0.2, 0.25) is 5.91 Å². The van der Waals surface area contributed by atoms with Crippen LogP contribution < -0.4 is 5.32 Å². The fourth-order valence-corrected chi connectivity index (χ4v) is 3.66. The van der Waals surface area contributed by atoms with Crippen molar-refractivity contribution in [2.24, 2.45) is 0 Å². The van der Waals surface area contributed by atoms with Crippen molar-refractivity contribution in [2.45, 2.75) is 23.9 Å². The van der Waals surface area contributed by atoms with Crippen molar-refractivity contribution in [3.63, 3.8) is 0 Å². The largest absolute Gasteiger partial charge is 0.476 e. The quantitative estimate of drug-likeness (QED) is 0.873.